The van der Waals surface area contributed by atoms with Crippen molar-refractivity contribution in [1.29, 1.82) is 0 Å². The van der Waals surface area contributed by atoms with Crippen molar-refractivity contribution in [3.8, 4) is 34.4 Å². The number of hydrogen-bond acceptors (Lipinski definition) is 8. The van der Waals surface area contributed by atoms with Crippen molar-refractivity contribution < 1.29 is 28.3 Å². The summed E-state index contributed by atoms with van der Waals surface area (Å²) in [6, 6.07) is 10.6. The van der Waals surface area contributed by atoms with Crippen LogP contribution in [0.3, 0.4) is 0 Å². The van der Waals surface area contributed by atoms with Crippen molar-refractivity contribution >= 4 is 11.6 Å². The topological polar surface area (TPSA) is 105 Å². The maximum absolute atomic E-state index is 12.3. The average molecular weight is 413 g/mol. The zero-order valence-electron chi connectivity index (χ0n) is 17.2. The molecule has 0 aliphatic carbocycles. The van der Waals surface area contributed by atoms with Crippen LogP contribution in [-0.2, 0) is 11.2 Å². The van der Waals surface area contributed by atoms with Crippen molar-refractivity contribution in [1.82, 2.24) is 10.1 Å². The molecule has 0 fully saturated rings. The number of aromatic nitrogens is 2. The van der Waals surface area contributed by atoms with Crippen LogP contribution < -0.4 is 24.3 Å². The summed E-state index contributed by atoms with van der Waals surface area (Å²) in [6.07, 6.45) is 0.466. The summed E-state index contributed by atoms with van der Waals surface area (Å²) < 4.78 is 26.5. The third-order valence-corrected chi connectivity index (χ3v) is 4.34. The smallest absolute Gasteiger partial charge is 0.227 e. The van der Waals surface area contributed by atoms with Crippen molar-refractivity contribution in [2.75, 3.05) is 33.8 Å². The number of para-hydroxylation sites is 2. The summed E-state index contributed by atoms with van der Waals surface area (Å²) in [6.45, 7) is 0. The second-order valence-electron chi connectivity index (χ2n) is 6.17. The lowest BCUT2D eigenvalue weighted by Crippen LogP contribution is -2.13. The van der Waals surface area contributed by atoms with Gasteiger partial charge in [-0.3, -0.25) is 4.79 Å². The minimum atomic E-state index is -0.188. The minimum absolute atomic E-state index is 0.176. The van der Waals surface area contributed by atoms with E-state index in [4.69, 9.17) is 23.5 Å². The van der Waals surface area contributed by atoms with Crippen LogP contribution in [0.25, 0.3) is 11.4 Å². The first kappa shape index (κ1) is 21.0. The Morgan fingerprint density at radius 1 is 0.967 bits per heavy atom. The summed E-state index contributed by atoms with van der Waals surface area (Å²) in [4.78, 5) is 16.6. The van der Waals surface area contributed by atoms with Gasteiger partial charge in [0.05, 0.1) is 34.1 Å². The summed E-state index contributed by atoms with van der Waals surface area (Å²) in [5.41, 5.74) is 1.24. The Labute approximate surface area is 173 Å². The van der Waals surface area contributed by atoms with Gasteiger partial charge in [-0.05, 0) is 24.3 Å². The third kappa shape index (κ3) is 4.62. The van der Waals surface area contributed by atoms with Crippen LogP contribution >= 0.6 is 0 Å². The summed E-state index contributed by atoms with van der Waals surface area (Å²) in [5, 5.41) is 6.80. The highest BCUT2D eigenvalue weighted by Crippen LogP contribution is 2.40. The van der Waals surface area contributed by atoms with E-state index in [1.807, 2.05) is 12.1 Å². The maximum Gasteiger partial charge on any atom is 0.227 e. The number of benzene rings is 2. The highest BCUT2D eigenvalue weighted by molar-refractivity contribution is 5.92. The molecule has 0 saturated heterocycles. The first-order valence-corrected chi connectivity index (χ1v) is 9.15. The lowest BCUT2D eigenvalue weighted by molar-refractivity contribution is -0.116. The summed E-state index contributed by atoms with van der Waals surface area (Å²) in [5.74, 6) is 2.54. The van der Waals surface area contributed by atoms with Crippen molar-refractivity contribution in [3.63, 3.8) is 0 Å². The number of nitrogens with zero attached hydrogens (tertiary/aromatic N) is 2. The van der Waals surface area contributed by atoms with E-state index in [2.05, 4.69) is 15.5 Å². The monoisotopic (exact) mass is 413 g/mol. The maximum atomic E-state index is 12.3. The molecule has 0 aliphatic heterocycles. The molecule has 1 aromatic heterocycles. The molecule has 2 aromatic carbocycles. The first-order chi connectivity index (χ1) is 14.6. The molecule has 30 heavy (non-hydrogen) atoms. The molecule has 1 amide bonds. The van der Waals surface area contributed by atoms with Gasteiger partial charge in [0.2, 0.25) is 23.4 Å². The Morgan fingerprint density at radius 3 is 2.27 bits per heavy atom. The Bertz CT molecular complexity index is 992. The normalized spacial score (nSPS) is 10.4. The Kier molecular flexibility index (Phi) is 6.74. The van der Waals surface area contributed by atoms with Gasteiger partial charge in [-0.1, -0.05) is 17.3 Å². The highest BCUT2D eigenvalue weighted by atomic mass is 16.5. The fourth-order valence-electron chi connectivity index (χ4n) is 2.86. The van der Waals surface area contributed by atoms with Gasteiger partial charge in [0.25, 0.3) is 0 Å². The van der Waals surface area contributed by atoms with Gasteiger partial charge in [-0.2, -0.15) is 4.98 Å². The predicted molar refractivity (Wildman–Crippen MR) is 109 cm³/mol. The Morgan fingerprint density at radius 2 is 1.63 bits per heavy atom. The molecule has 3 rings (SSSR count). The molecule has 0 bridgehead atoms. The van der Waals surface area contributed by atoms with Crippen molar-refractivity contribution in [2.24, 2.45) is 0 Å². The molecule has 0 atom stereocenters. The van der Waals surface area contributed by atoms with E-state index >= 15 is 0 Å². The number of anilines is 1. The van der Waals surface area contributed by atoms with Gasteiger partial charge in [0.15, 0.2) is 11.5 Å². The van der Waals surface area contributed by atoms with Crippen molar-refractivity contribution in [2.45, 2.75) is 12.8 Å². The van der Waals surface area contributed by atoms with Gasteiger partial charge < -0.3 is 28.8 Å². The second-order valence-corrected chi connectivity index (χ2v) is 6.17. The molecule has 1 heterocycles. The molecule has 0 aliphatic rings. The lowest BCUT2D eigenvalue weighted by Gasteiger charge is -2.12. The molecule has 1 N–H and O–H groups in total. The van der Waals surface area contributed by atoms with Gasteiger partial charge in [-0.25, -0.2) is 0 Å². The van der Waals surface area contributed by atoms with E-state index in [9.17, 15) is 4.79 Å². The van der Waals surface area contributed by atoms with E-state index in [-0.39, 0.29) is 12.3 Å². The van der Waals surface area contributed by atoms with Crippen LogP contribution in [0.15, 0.2) is 40.9 Å². The fourth-order valence-corrected chi connectivity index (χ4v) is 2.86. The standard InChI is InChI=1S/C21H23N3O6/c1-26-15-8-6-5-7-14(15)22-18(25)9-10-19-23-21(24-30-19)13-11-16(27-2)20(29-4)17(12-13)28-3/h5-8,11-12H,9-10H2,1-4H3,(H,22,25). The van der Waals surface area contributed by atoms with Crippen LogP contribution in [0.2, 0.25) is 0 Å². The first-order valence-electron chi connectivity index (χ1n) is 9.15. The molecule has 0 spiro atoms. The predicted octanol–water partition coefficient (Wildman–Crippen LogP) is 3.34. The van der Waals surface area contributed by atoms with Crippen LogP contribution in [0, 0.1) is 0 Å². The average Bonchev–Trinajstić information content (AvgIpc) is 3.26. The summed E-state index contributed by atoms with van der Waals surface area (Å²) >= 11 is 0. The van der Waals surface area contributed by atoms with Crippen LogP contribution in [0.4, 0.5) is 5.69 Å². The highest BCUT2D eigenvalue weighted by Gasteiger charge is 2.18. The molecule has 3 aromatic rings. The Balaban J connectivity index is 1.69. The molecule has 158 valence electrons. The molecule has 9 heteroatoms. The molecule has 0 saturated carbocycles. The van der Waals surface area contributed by atoms with E-state index in [0.29, 0.717) is 52.4 Å². The number of carbonyl (C=O) groups is 1. The van der Waals surface area contributed by atoms with Crippen LogP contribution in [-0.4, -0.2) is 44.5 Å². The lowest BCUT2D eigenvalue weighted by atomic mass is 10.1. The minimum Gasteiger partial charge on any atom is -0.495 e. The van der Waals surface area contributed by atoms with Gasteiger partial charge in [0.1, 0.15) is 5.75 Å². The van der Waals surface area contributed by atoms with Crippen LogP contribution in [0.1, 0.15) is 12.3 Å². The van der Waals surface area contributed by atoms with E-state index in [1.165, 1.54) is 21.3 Å². The number of nitrogens with one attached hydrogen (secondary N) is 1. The molecule has 0 unspecified atom stereocenters. The van der Waals surface area contributed by atoms with Crippen molar-refractivity contribution in [3.05, 3.63) is 42.3 Å². The zero-order valence-corrected chi connectivity index (χ0v) is 17.2. The number of rotatable bonds is 9. The number of carbonyl (C=O) groups excluding carboxylic acids is 1. The van der Waals surface area contributed by atoms with Gasteiger partial charge in [-0.15, -0.1) is 0 Å². The molecule has 0 radical (unpaired) electrons. The SMILES string of the molecule is COc1ccccc1NC(=O)CCc1nc(-c2cc(OC)c(OC)c(OC)c2)no1. The molecular weight excluding hydrogens is 390 g/mol. The zero-order chi connectivity index (χ0) is 21.5. The number of ether oxygens (including phenoxy) is 4. The van der Waals surface area contributed by atoms with E-state index < -0.39 is 0 Å². The van der Waals surface area contributed by atoms with Crippen LogP contribution in [0.5, 0.6) is 23.0 Å². The molecular formula is C21H23N3O6. The number of amides is 1. The largest absolute Gasteiger partial charge is 0.495 e. The Hall–Kier alpha value is -3.75. The number of hydrogen-bond donors (Lipinski definition) is 1. The number of methoxy groups -OCH3 is 4. The third-order valence-electron chi connectivity index (χ3n) is 4.34. The quantitative estimate of drug-likeness (QED) is 0.569. The fraction of sp³-hybridized carbons (Fsp3) is 0.286. The number of aryl methyl sites for hydroxylation is 1. The van der Waals surface area contributed by atoms with Gasteiger partial charge in [0, 0.05) is 18.4 Å². The second kappa shape index (κ2) is 9.64. The van der Waals surface area contributed by atoms with E-state index in [0.717, 1.165) is 0 Å². The molecule has 9 nitrogen and oxygen atoms in total. The summed E-state index contributed by atoms with van der Waals surface area (Å²) in [7, 11) is 6.14. The van der Waals surface area contributed by atoms with E-state index in [1.54, 1.807) is 31.4 Å². The van der Waals surface area contributed by atoms with Gasteiger partial charge >= 0.3 is 0 Å².